The molecule has 1 saturated carbocycles. The molecular formula is C16H29N2O6P. The maximum absolute atomic E-state index is 12.6. The first-order valence-corrected chi connectivity index (χ1v) is 10.6. The molecule has 2 aliphatic rings. The van der Waals surface area contributed by atoms with Crippen molar-refractivity contribution in [1.82, 2.24) is 10.2 Å². The molecule has 144 valence electrons. The highest BCUT2D eigenvalue weighted by atomic mass is 31.2. The molecule has 2 amide bonds. The summed E-state index contributed by atoms with van der Waals surface area (Å²) in [5, 5.41) is 2.43. The highest BCUT2D eigenvalue weighted by Crippen LogP contribution is 2.37. The van der Waals surface area contributed by atoms with Crippen LogP contribution in [0.3, 0.4) is 0 Å². The van der Waals surface area contributed by atoms with Gasteiger partial charge in [-0.2, -0.15) is 0 Å². The average Bonchev–Trinajstić information content (AvgIpc) is 2.58. The van der Waals surface area contributed by atoms with Gasteiger partial charge in [-0.3, -0.25) is 14.1 Å². The first-order chi connectivity index (χ1) is 11.8. The van der Waals surface area contributed by atoms with Crippen molar-refractivity contribution in [2.75, 3.05) is 19.7 Å². The van der Waals surface area contributed by atoms with Gasteiger partial charge in [0.1, 0.15) is 6.04 Å². The molecule has 1 aliphatic heterocycles. The second-order valence-electron chi connectivity index (χ2n) is 7.10. The van der Waals surface area contributed by atoms with E-state index in [0.717, 1.165) is 18.8 Å². The lowest BCUT2D eigenvalue weighted by atomic mass is 9.76. The van der Waals surface area contributed by atoms with Crippen LogP contribution in [0.1, 0.15) is 51.9 Å². The van der Waals surface area contributed by atoms with Crippen LogP contribution in [0.5, 0.6) is 0 Å². The standard InChI is InChI=1S/C16H29N2O6P/c1-12(19)17-15(11-24-25(21,22)23)16(20)18-9-7-14(8-10-18)13-5-3-2-4-6-13/h13-15H,2-11H2,1H3,(H,17,19)(H2,21,22,23)/t15-/m0/s1. The first-order valence-electron chi connectivity index (χ1n) is 9.02. The fourth-order valence-corrected chi connectivity index (χ4v) is 4.35. The third kappa shape index (κ3) is 6.70. The lowest BCUT2D eigenvalue weighted by Gasteiger charge is -2.38. The molecule has 2 fully saturated rings. The summed E-state index contributed by atoms with van der Waals surface area (Å²) in [5.41, 5.74) is 0. The van der Waals surface area contributed by atoms with Crippen LogP contribution in [0.15, 0.2) is 0 Å². The van der Waals surface area contributed by atoms with Crippen molar-refractivity contribution in [1.29, 1.82) is 0 Å². The zero-order chi connectivity index (χ0) is 18.4. The molecule has 1 atom stereocenters. The fourth-order valence-electron chi connectivity index (χ4n) is 4.01. The van der Waals surface area contributed by atoms with Gasteiger partial charge in [-0.25, -0.2) is 4.57 Å². The second-order valence-corrected chi connectivity index (χ2v) is 8.34. The number of piperidine rings is 1. The summed E-state index contributed by atoms with van der Waals surface area (Å²) in [6.45, 7) is 1.95. The molecule has 0 aromatic carbocycles. The van der Waals surface area contributed by atoms with E-state index in [1.54, 1.807) is 4.90 Å². The van der Waals surface area contributed by atoms with E-state index >= 15 is 0 Å². The minimum atomic E-state index is -4.69. The van der Waals surface area contributed by atoms with Gasteiger partial charge in [0.15, 0.2) is 0 Å². The summed E-state index contributed by atoms with van der Waals surface area (Å²) in [4.78, 5) is 43.2. The van der Waals surface area contributed by atoms with Crippen LogP contribution >= 0.6 is 7.82 Å². The van der Waals surface area contributed by atoms with E-state index in [0.29, 0.717) is 19.0 Å². The van der Waals surface area contributed by atoms with E-state index in [1.807, 2.05) is 0 Å². The summed E-state index contributed by atoms with van der Waals surface area (Å²) in [6, 6.07) is -1.07. The molecule has 3 N–H and O–H groups in total. The zero-order valence-corrected chi connectivity index (χ0v) is 15.6. The predicted molar refractivity (Wildman–Crippen MR) is 91.5 cm³/mol. The maximum Gasteiger partial charge on any atom is 0.469 e. The highest BCUT2D eigenvalue weighted by Gasteiger charge is 2.33. The Bertz CT molecular complexity index is 509. The van der Waals surface area contributed by atoms with Crippen molar-refractivity contribution in [3.8, 4) is 0 Å². The number of hydrogen-bond acceptors (Lipinski definition) is 4. The Labute approximate surface area is 148 Å². The number of phosphoric acid groups is 1. The van der Waals surface area contributed by atoms with Crippen molar-refractivity contribution in [2.24, 2.45) is 11.8 Å². The molecule has 0 radical (unpaired) electrons. The largest absolute Gasteiger partial charge is 0.469 e. The number of nitrogens with one attached hydrogen (secondary N) is 1. The summed E-state index contributed by atoms with van der Waals surface area (Å²) < 4.78 is 15.3. The molecule has 0 aromatic heterocycles. The van der Waals surface area contributed by atoms with Gasteiger partial charge in [-0.1, -0.05) is 32.1 Å². The Kier molecular flexibility index (Phi) is 7.43. The van der Waals surface area contributed by atoms with Crippen molar-refractivity contribution >= 4 is 19.6 Å². The van der Waals surface area contributed by atoms with Crippen LogP contribution in [0.4, 0.5) is 0 Å². The summed E-state index contributed by atoms with van der Waals surface area (Å²) in [6.07, 6.45) is 8.38. The topological polar surface area (TPSA) is 116 Å². The number of likely N-dealkylation sites (tertiary alicyclic amines) is 1. The van der Waals surface area contributed by atoms with Gasteiger partial charge < -0.3 is 20.0 Å². The van der Waals surface area contributed by atoms with Gasteiger partial charge in [0.2, 0.25) is 11.8 Å². The summed E-state index contributed by atoms with van der Waals surface area (Å²) in [7, 11) is -4.69. The molecule has 2 rings (SSSR count). The van der Waals surface area contributed by atoms with Gasteiger partial charge in [0, 0.05) is 20.0 Å². The third-order valence-corrected chi connectivity index (χ3v) is 5.74. The second kappa shape index (κ2) is 9.12. The van der Waals surface area contributed by atoms with Crippen molar-refractivity contribution in [2.45, 2.75) is 57.9 Å². The van der Waals surface area contributed by atoms with E-state index in [-0.39, 0.29) is 5.91 Å². The van der Waals surface area contributed by atoms with Gasteiger partial charge >= 0.3 is 7.82 Å². The number of phosphoric ester groups is 1. The number of carbonyl (C=O) groups excluding carboxylic acids is 2. The van der Waals surface area contributed by atoms with Crippen LogP contribution in [-0.2, 0) is 18.7 Å². The van der Waals surface area contributed by atoms with Crippen molar-refractivity contribution < 1.29 is 28.5 Å². The highest BCUT2D eigenvalue weighted by molar-refractivity contribution is 7.46. The SMILES string of the molecule is CC(=O)N[C@@H](COP(=O)(O)O)C(=O)N1CCC(C2CCCCC2)CC1. The van der Waals surface area contributed by atoms with Gasteiger partial charge in [-0.05, 0) is 24.7 Å². The number of carbonyl (C=O) groups is 2. The number of nitrogens with zero attached hydrogens (tertiary/aromatic N) is 1. The fraction of sp³-hybridized carbons (Fsp3) is 0.875. The van der Waals surface area contributed by atoms with Gasteiger partial charge in [0.05, 0.1) is 6.61 Å². The van der Waals surface area contributed by atoms with Crippen LogP contribution in [0.25, 0.3) is 0 Å². The average molecular weight is 376 g/mol. The van der Waals surface area contributed by atoms with Crippen LogP contribution in [0, 0.1) is 11.8 Å². The molecule has 1 saturated heterocycles. The molecule has 0 spiro atoms. The lowest BCUT2D eigenvalue weighted by Crippen LogP contribution is -2.52. The monoisotopic (exact) mass is 376 g/mol. The summed E-state index contributed by atoms with van der Waals surface area (Å²) >= 11 is 0. The number of hydrogen-bond donors (Lipinski definition) is 3. The first kappa shape index (κ1) is 20.4. The molecule has 1 aliphatic carbocycles. The third-order valence-electron chi connectivity index (χ3n) is 5.25. The summed E-state index contributed by atoms with van der Waals surface area (Å²) in [5.74, 6) is 0.626. The van der Waals surface area contributed by atoms with Crippen LogP contribution in [-0.4, -0.2) is 52.2 Å². The molecule has 0 unspecified atom stereocenters. The molecular weight excluding hydrogens is 347 g/mol. The Morgan fingerprint density at radius 2 is 1.68 bits per heavy atom. The van der Waals surface area contributed by atoms with Crippen LogP contribution in [0.2, 0.25) is 0 Å². The molecule has 0 bridgehead atoms. The van der Waals surface area contributed by atoms with E-state index in [9.17, 15) is 14.2 Å². The Hall–Kier alpha value is -0.950. The van der Waals surface area contributed by atoms with E-state index in [2.05, 4.69) is 9.84 Å². The van der Waals surface area contributed by atoms with Gasteiger partial charge in [0.25, 0.3) is 0 Å². The van der Waals surface area contributed by atoms with Crippen LogP contribution < -0.4 is 5.32 Å². The van der Waals surface area contributed by atoms with E-state index in [4.69, 9.17) is 9.79 Å². The minimum Gasteiger partial charge on any atom is -0.343 e. The predicted octanol–water partition coefficient (Wildman–Crippen LogP) is 1.42. The normalized spacial score (nSPS) is 21.8. The smallest absolute Gasteiger partial charge is 0.343 e. The molecule has 25 heavy (non-hydrogen) atoms. The van der Waals surface area contributed by atoms with Gasteiger partial charge in [-0.15, -0.1) is 0 Å². The van der Waals surface area contributed by atoms with Crippen molar-refractivity contribution in [3.63, 3.8) is 0 Å². The quantitative estimate of drug-likeness (QED) is 0.604. The van der Waals surface area contributed by atoms with E-state index < -0.39 is 26.4 Å². The zero-order valence-electron chi connectivity index (χ0n) is 14.7. The number of amides is 2. The molecule has 0 aromatic rings. The molecule has 9 heteroatoms. The molecule has 8 nitrogen and oxygen atoms in total. The molecule has 1 heterocycles. The van der Waals surface area contributed by atoms with Crippen molar-refractivity contribution in [3.05, 3.63) is 0 Å². The van der Waals surface area contributed by atoms with E-state index in [1.165, 1.54) is 39.0 Å². The Morgan fingerprint density at radius 3 is 2.20 bits per heavy atom. The number of rotatable bonds is 6. The minimum absolute atomic E-state index is 0.342. The lowest BCUT2D eigenvalue weighted by molar-refractivity contribution is -0.138. The Morgan fingerprint density at radius 1 is 1.12 bits per heavy atom. The Balaban J connectivity index is 1.88. The maximum atomic E-state index is 12.6.